The van der Waals surface area contributed by atoms with Crippen LogP contribution in [0.1, 0.15) is 60.8 Å². The Morgan fingerprint density at radius 1 is 1.22 bits per heavy atom. The molecular weight excluding hydrogens is 292 g/mol. The first kappa shape index (κ1) is 16.0. The van der Waals surface area contributed by atoms with Crippen molar-refractivity contribution in [3.8, 4) is 0 Å². The maximum Gasteiger partial charge on any atom is 0.312 e. The molecular formula is C19H24O4. The standard InChI is InChI=1S/C19H24O4/c1-19(18(22)23-2)10-9-14-13-6-4-3-5-12(13)7-8-15(14)16(19)11-17(20)21/h7-8,16H,3-6,9-11H2,1-2H3,(H,20,21)/t16-,19-/m1/s1. The second-order valence-corrected chi connectivity index (χ2v) is 7.04. The van der Waals surface area contributed by atoms with E-state index >= 15 is 0 Å². The molecule has 2 aliphatic carbocycles. The van der Waals surface area contributed by atoms with Crippen LogP contribution < -0.4 is 0 Å². The van der Waals surface area contributed by atoms with Crippen molar-refractivity contribution in [2.75, 3.05) is 7.11 Å². The number of fused-ring (bicyclic) bond motifs is 3. The quantitative estimate of drug-likeness (QED) is 0.870. The molecule has 2 atom stereocenters. The Balaban J connectivity index is 2.10. The van der Waals surface area contributed by atoms with Crippen LogP contribution in [0.25, 0.3) is 0 Å². The second-order valence-electron chi connectivity index (χ2n) is 7.04. The normalized spacial score (nSPS) is 26.1. The van der Waals surface area contributed by atoms with Gasteiger partial charge in [-0.3, -0.25) is 9.59 Å². The number of ether oxygens (including phenoxy) is 1. The molecule has 3 rings (SSSR count). The first-order chi connectivity index (χ1) is 11.0. The summed E-state index contributed by atoms with van der Waals surface area (Å²) in [6.07, 6.45) is 6.07. The Morgan fingerprint density at radius 3 is 2.65 bits per heavy atom. The van der Waals surface area contributed by atoms with Crippen LogP contribution in [0.3, 0.4) is 0 Å². The van der Waals surface area contributed by atoms with Crippen molar-refractivity contribution in [2.45, 2.75) is 57.8 Å². The van der Waals surface area contributed by atoms with Crippen molar-refractivity contribution in [2.24, 2.45) is 5.41 Å². The molecule has 0 spiro atoms. The Bertz CT molecular complexity index is 649. The summed E-state index contributed by atoms with van der Waals surface area (Å²) in [5.41, 5.74) is 4.41. The molecule has 0 saturated carbocycles. The average molecular weight is 316 g/mol. The molecule has 4 nitrogen and oxygen atoms in total. The highest BCUT2D eigenvalue weighted by Crippen LogP contribution is 2.49. The zero-order valence-corrected chi connectivity index (χ0v) is 13.9. The Kier molecular flexibility index (Phi) is 4.17. The highest BCUT2D eigenvalue weighted by atomic mass is 16.5. The molecule has 4 heteroatoms. The maximum absolute atomic E-state index is 12.4. The summed E-state index contributed by atoms with van der Waals surface area (Å²) in [6, 6.07) is 4.21. The van der Waals surface area contributed by atoms with E-state index in [-0.39, 0.29) is 18.3 Å². The van der Waals surface area contributed by atoms with Crippen LogP contribution in [0.2, 0.25) is 0 Å². The fourth-order valence-electron chi connectivity index (χ4n) is 4.43. The number of aliphatic carboxylic acids is 1. The van der Waals surface area contributed by atoms with Crippen molar-refractivity contribution in [3.05, 3.63) is 34.4 Å². The zero-order valence-electron chi connectivity index (χ0n) is 13.9. The number of carbonyl (C=O) groups excluding carboxylic acids is 1. The molecule has 0 amide bonds. The van der Waals surface area contributed by atoms with Crippen molar-refractivity contribution in [3.63, 3.8) is 0 Å². The molecule has 0 aromatic heterocycles. The summed E-state index contributed by atoms with van der Waals surface area (Å²) >= 11 is 0. The number of carbonyl (C=O) groups is 2. The minimum Gasteiger partial charge on any atom is -0.481 e. The van der Waals surface area contributed by atoms with Crippen LogP contribution in [0.15, 0.2) is 12.1 Å². The molecule has 23 heavy (non-hydrogen) atoms. The molecule has 1 aromatic rings. The van der Waals surface area contributed by atoms with Gasteiger partial charge in [0.15, 0.2) is 0 Å². The van der Waals surface area contributed by atoms with E-state index in [0.717, 1.165) is 24.8 Å². The highest BCUT2D eigenvalue weighted by Gasteiger charge is 2.47. The first-order valence-electron chi connectivity index (χ1n) is 8.41. The number of hydrogen-bond donors (Lipinski definition) is 1. The number of carboxylic acids is 1. The van der Waals surface area contributed by atoms with E-state index in [1.54, 1.807) is 0 Å². The number of rotatable bonds is 3. The summed E-state index contributed by atoms with van der Waals surface area (Å²) in [7, 11) is 1.38. The predicted octanol–water partition coefficient (Wildman–Crippen LogP) is 3.25. The van der Waals surface area contributed by atoms with Gasteiger partial charge in [0.1, 0.15) is 0 Å². The van der Waals surface area contributed by atoms with Gasteiger partial charge in [0.2, 0.25) is 0 Å². The van der Waals surface area contributed by atoms with Crippen LogP contribution in [0.5, 0.6) is 0 Å². The Hall–Kier alpha value is -1.84. The van der Waals surface area contributed by atoms with Crippen LogP contribution in [-0.2, 0) is 33.6 Å². The van der Waals surface area contributed by atoms with Gasteiger partial charge in [-0.05, 0) is 67.7 Å². The van der Waals surface area contributed by atoms with Gasteiger partial charge in [-0.1, -0.05) is 12.1 Å². The molecule has 124 valence electrons. The van der Waals surface area contributed by atoms with Gasteiger partial charge in [-0.2, -0.15) is 0 Å². The summed E-state index contributed by atoms with van der Waals surface area (Å²) in [6.45, 7) is 1.86. The Labute approximate surface area is 136 Å². The number of methoxy groups -OCH3 is 1. The van der Waals surface area contributed by atoms with Crippen LogP contribution in [0, 0.1) is 5.41 Å². The molecule has 1 N–H and O–H groups in total. The third kappa shape index (κ3) is 2.64. The van der Waals surface area contributed by atoms with Gasteiger partial charge in [0, 0.05) is 5.92 Å². The van der Waals surface area contributed by atoms with Crippen molar-refractivity contribution < 1.29 is 19.4 Å². The van der Waals surface area contributed by atoms with Gasteiger partial charge in [-0.15, -0.1) is 0 Å². The van der Waals surface area contributed by atoms with E-state index in [2.05, 4.69) is 12.1 Å². The van der Waals surface area contributed by atoms with Gasteiger partial charge >= 0.3 is 11.9 Å². The minimum atomic E-state index is -0.865. The van der Waals surface area contributed by atoms with Gasteiger partial charge in [0.25, 0.3) is 0 Å². The SMILES string of the molecule is COC(=O)[C@]1(C)CCc2c(ccc3c2CCCC3)[C@H]1CC(=O)O. The number of carboxylic acid groups (broad SMARTS) is 1. The maximum atomic E-state index is 12.4. The largest absolute Gasteiger partial charge is 0.481 e. The third-order valence-corrected chi connectivity index (χ3v) is 5.76. The van der Waals surface area contributed by atoms with E-state index in [1.807, 2.05) is 6.92 Å². The van der Waals surface area contributed by atoms with Crippen molar-refractivity contribution in [1.29, 1.82) is 0 Å². The van der Waals surface area contributed by atoms with E-state index in [1.165, 1.54) is 36.6 Å². The fraction of sp³-hybridized carbons (Fsp3) is 0.579. The molecule has 1 aromatic carbocycles. The summed E-state index contributed by atoms with van der Waals surface area (Å²) in [5, 5.41) is 9.36. The lowest BCUT2D eigenvalue weighted by Crippen LogP contribution is -2.40. The molecule has 2 aliphatic rings. The minimum absolute atomic E-state index is 0.0304. The third-order valence-electron chi connectivity index (χ3n) is 5.76. The van der Waals surface area contributed by atoms with Gasteiger partial charge in [-0.25, -0.2) is 0 Å². The lowest BCUT2D eigenvalue weighted by atomic mass is 9.62. The van der Waals surface area contributed by atoms with Crippen LogP contribution in [0.4, 0.5) is 0 Å². The fourth-order valence-corrected chi connectivity index (χ4v) is 4.43. The van der Waals surface area contributed by atoms with E-state index in [4.69, 9.17) is 4.74 Å². The van der Waals surface area contributed by atoms with E-state index in [9.17, 15) is 14.7 Å². The summed E-state index contributed by atoms with van der Waals surface area (Å²) in [4.78, 5) is 23.8. The van der Waals surface area contributed by atoms with Gasteiger partial charge < -0.3 is 9.84 Å². The van der Waals surface area contributed by atoms with E-state index in [0.29, 0.717) is 6.42 Å². The van der Waals surface area contributed by atoms with Crippen molar-refractivity contribution >= 4 is 11.9 Å². The zero-order chi connectivity index (χ0) is 16.6. The number of esters is 1. The molecule has 0 radical (unpaired) electrons. The highest BCUT2D eigenvalue weighted by molar-refractivity contribution is 5.80. The summed E-state index contributed by atoms with van der Waals surface area (Å²) in [5.74, 6) is -1.48. The number of hydrogen-bond acceptors (Lipinski definition) is 3. The first-order valence-corrected chi connectivity index (χ1v) is 8.41. The molecule has 0 aliphatic heterocycles. The second kappa shape index (κ2) is 5.99. The molecule has 0 fully saturated rings. The smallest absolute Gasteiger partial charge is 0.312 e. The Morgan fingerprint density at radius 2 is 1.96 bits per heavy atom. The van der Waals surface area contributed by atoms with Crippen molar-refractivity contribution in [1.82, 2.24) is 0 Å². The molecule has 0 unspecified atom stereocenters. The van der Waals surface area contributed by atoms with Crippen LogP contribution in [-0.4, -0.2) is 24.2 Å². The predicted molar refractivity (Wildman–Crippen MR) is 86.5 cm³/mol. The lowest BCUT2D eigenvalue weighted by molar-refractivity contribution is -0.155. The molecule has 0 saturated heterocycles. The average Bonchev–Trinajstić information content (AvgIpc) is 2.56. The van der Waals surface area contributed by atoms with E-state index < -0.39 is 11.4 Å². The summed E-state index contributed by atoms with van der Waals surface area (Å²) < 4.78 is 5.00. The molecule has 0 heterocycles. The lowest BCUT2D eigenvalue weighted by Gasteiger charge is -2.41. The van der Waals surface area contributed by atoms with Crippen LogP contribution >= 0.6 is 0 Å². The number of benzene rings is 1. The van der Waals surface area contributed by atoms with Gasteiger partial charge in [0.05, 0.1) is 18.9 Å². The monoisotopic (exact) mass is 316 g/mol. The number of aryl methyl sites for hydroxylation is 1. The molecule has 0 bridgehead atoms. The topological polar surface area (TPSA) is 63.6 Å².